The minimum Gasteiger partial charge on any atom is -0.397 e. The van der Waals surface area contributed by atoms with Gasteiger partial charge in [-0.15, -0.1) is 0 Å². The van der Waals surface area contributed by atoms with Crippen molar-refractivity contribution in [3.05, 3.63) is 42.6 Å². The van der Waals surface area contributed by atoms with Crippen LogP contribution in [0.15, 0.2) is 41.3 Å². The molecule has 0 aliphatic carbocycles. The van der Waals surface area contributed by atoms with Crippen LogP contribution in [0.25, 0.3) is 23.0 Å². The topological polar surface area (TPSA) is 90.7 Å². The minimum absolute atomic E-state index is 0.265. The lowest BCUT2D eigenvalue weighted by Crippen LogP contribution is -1.91. The van der Waals surface area contributed by atoms with E-state index in [-0.39, 0.29) is 11.7 Å². The molecular formula is C12H8FN5O. The number of aromatic nitrogens is 4. The molecule has 0 bridgehead atoms. The summed E-state index contributed by atoms with van der Waals surface area (Å²) < 4.78 is 17.9. The fraction of sp³-hybridized carbons (Fsp3) is 0. The highest BCUT2D eigenvalue weighted by molar-refractivity contribution is 5.69. The van der Waals surface area contributed by atoms with Gasteiger partial charge in [-0.1, -0.05) is 5.16 Å². The summed E-state index contributed by atoms with van der Waals surface area (Å²) >= 11 is 0. The van der Waals surface area contributed by atoms with Gasteiger partial charge in [-0.3, -0.25) is 4.98 Å². The summed E-state index contributed by atoms with van der Waals surface area (Å²) in [6.45, 7) is 0. The highest BCUT2D eigenvalue weighted by Gasteiger charge is 2.13. The van der Waals surface area contributed by atoms with Crippen molar-refractivity contribution < 1.29 is 8.91 Å². The molecule has 0 aliphatic rings. The third kappa shape index (κ3) is 2.13. The van der Waals surface area contributed by atoms with Crippen LogP contribution in [0, 0.1) is 5.82 Å². The van der Waals surface area contributed by atoms with Crippen LogP contribution in [0.1, 0.15) is 0 Å². The summed E-state index contributed by atoms with van der Waals surface area (Å²) in [5.41, 5.74) is 7.21. The summed E-state index contributed by atoms with van der Waals surface area (Å²) in [6.07, 6.45) is 4.16. The van der Waals surface area contributed by atoms with Crippen LogP contribution in [-0.2, 0) is 0 Å². The molecule has 94 valence electrons. The standard InChI is InChI=1S/C12H8FN5O/c13-7-1-2-10(16-5-7)11-17-12(19-18-11)8-3-4-15-6-9(8)14/h1-6H,14H2. The average molecular weight is 257 g/mol. The molecule has 0 fully saturated rings. The number of nitrogens with two attached hydrogens (primary N) is 1. The van der Waals surface area contributed by atoms with Crippen molar-refractivity contribution in [2.45, 2.75) is 0 Å². The Morgan fingerprint density at radius 2 is 2.05 bits per heavy atom. The predicted octanol–water partition coefficient (Wildman–Crippen LogP) is 1.91. The largest absolute Gasteiger partial charge is 0.397 e. The molecule has 3 heterocycles. The van der Waals surface area contributed by atoms with Crippen molar-refractivity contribution in [1.29, 1.82) is 0 Å². The van der Waals surface area contributed by atoms with E-state index in [0.29, 0.717) is 16.9 Å². The van der Waals surface area contributed by atoms with E-state index < -0.39 is 5.82 Å². The first kappa shape index (κ1) is 11.3. The Balaban J connectivity index is 2.00. The van der Waals surface area contributed by atoms with Crippen LogP contribution in [0.3, 0.4) is 0 Å². The predicted molar refractivity (Wildman–Crippen MR) is 65.1 cm³/mol. The van der Waals surface area contributed by atoms with Gasteiger partial charge in [0.2, 0.25) is 5.82 Å². The Bertz CT molecular complexity index is 710. The molecule has 0 aliphatic heterocycles. The van der Waals surface area contributed by atoms with E-state index in [1.165, 1.54) is 18.3 Å². The number of nitrogens with zero attached hydrogens (tertiary/aromatic N) is 4. The molecule has 0 unspecified atom stereocenters. The van der Waals surface area contributed by atoms with Crippen LogP contribution in [0.4, 0.5) is 10.1 Å². The van der Waals surface area contributed by atoms with Crippen molar-refractivity contribution in [3.8, 4) is 23.0 Å². The molecule has 6 nitrogen and oxygen atoms in total. The maximum Gasteiger partial charge on any atom is 0.260 e. The molecule has 0 saturated heterocycles. The first-order chi connectivity index (χ1) is 9.24. The van der Waals surface area contributed by atoms with E-state index in [0.717, 1.165) is 6.20 Å². The zero-order valence-electron chi connectivity index (χ0n) is 9.62. The van der Waals surface area contributed by atoms with Gasteiger partial charge in [-0.2, -0.15) is 4.98 Å². The van der Waals surface area contributed by atoms with Gasteiger partial charge in [0.05, 0.1) is 23.6 Å². The molecular weight excluding hydrogens is 249 g/mol. The van der Waals surface area contributed by atoms with Crippen LogP contribution in [0.5, 0.6) is 0 Å². The van der Waals surface area contributed by atoms with Crippen molar-refractivity contribution in [2.24, 2.45) is 0 Å². The number of anilines is 1. The number of pyridine rings is 2. The molecule has 7 heteroatoms. The third-order valence-electron chi connectivity index (χ3n) is 2.46. The monoisotopic (exact) mass is 257 g/mol. The van der Waals surface area contributed by atoms with Gasteiger partial charge in [0, 0.05) is 6.20 Å². The molecule has 0 atom stereocenters. The summed E-state index contributed by atoms with van der Waals surface area (Å²) in [6, 6.07) is 4.42. The van der Waals surface area contributed by atoms with Crippen molar-refractivity contribution in [3.63, 3.8) is 0 Å². The number of hydrogen-bond acceptors (Lipinski definition) is 6. The van der Waals surface area contributed by atoms with Crippen LogP contribution >= 0.6 is 0 Å². The number of rotatable bonds is 2. The first-order valence-corrected chi connectivity index (χ1v) is 5.39. The lowest BCUT2D eigenvalue weighted by Gasteiger charge is -1.97. The van der Waals surface area contributed by atoms with E-state index in [1.807, 2.05) is 0 Å². The van der Waals surface area contributed by atoms with E-state index in [2.05, 4.69) is 20.1 Å². The highest BCUT2D eigenvalue weighted by atomic mass is 19.1. The van der Waals surface area contributed by atoms with Crippen LogP contribution < -0.4 is 5.73 Å². The number of hydrogen-bond donors (Lipinski definition) is 1. The second kappa shape index (κ2) is 4.45. The zero-order chi connectivity index (χ0) is 13.2. The van der Waals surface area contributed by atoms with Crippen molar-refractivity contribution in [2.75, 3.05) is 5.73 Å². The van der Waals surface area contributed by atoms with Gasteiger partial charge >= 0.3 is 0 Å². The number of halogens is 1. The molecule has 19 heavy (non-hydrogen) atoms. The quantitative estimate of drug-likeness (QED) is 0.754. The maximum atomic E-state index is 12.8. The maximum absolute atomic E-state index is 12.8. The molecule has 0 radical (unpaired) electrons. The molecule has 0 spiro atoms. The minimum atomic E-state index is -0.425. The number of nitrogen functional groups attached to an aromatic ring is 1. The van der Waals surface area contributed by atoms with E-state index >= 15 is 0 Å². The Morgan fingerprint density at radius 1 is 1.16 bits per heavy atom. The molecule has 3 aromatic rings. The van der Waals surface area contributed by atoms with Crippen LogP contribution in [-0.4, -0.2) is 20.1 Å². The SMILES string of the molecule is Nc1cnccc1-c1nc(-c2ccc(F)cn2)no1. The molecule has 0 aromatic carbocycles. The summed E-state index contributed by atoms with van der Waals surface area (Å²) in [4.78, 5) is 11.9. The van der Waals surface area contributed by atoms with Gasteiger partial charge in [0.25, 0.3) is 5.89 Å². The Hall–Kier alpha value is -2.83. The van der Waals surface area contributed by atoms with Crippen molar-refractivity contribution in [1.82, 2.24) is 20.1 Å². The third-order valence-corrected chi connectivity index (χ3v) is 2.46. The lowest BCUT2D eigenvalue weighted by atomic mass is 10.2. The van der Waals surface area contributed by atoms with Gasteiger partial charge < -0.3 is 10.3 Å². The van der Waals surface area contributed by atoms with E-state index in [9.17, 15) is 4.39 Å². The Labute approximate surface area is 107 Å². The fourth-order valence-corrected chi connectivity index (χ4v) is 1.55. The van der Waals surface area contributed by atoms with E-state index in [1.54, 1.807) is 12.3 Å². The highest BCUT2D eigenvalue weighted by Crippen LogP contribution is 2.24. The molecule has 0 amide bonds. The first-order valence-electron chi connectivity index (χ1n) is 5.39. The zero-order valence-corrected chi connectivity index (χ0v) is 9.62. The molecule has 0 saturated carbocycles. The Morgan fingerprint density at radius 3 is 2.79 bits per heavy atom. The summed E-state index contributed by atoms with van der Waals surface area (Å²) in [7, 11) is 0. The molecule has 2 N–H and O–H groups in total. The van der Waals surface area contributed by atoms with Gasteiger partial charge in [0.1, 0.15) is 11.5 Å². The van der Waals surface area contributed by atoms with Gasteiger partial charge in [-0.25, -0.2) is 9.37 Å². The summed E-state index contributed by atoms with van der Waals surface area (Å²) in [5.74, 6) is 0.109. The van der Waals surface area contributed by atoms with Gasteiger partial charge in [-0.05, 0) is 18.2 Å². The molecule has 3 rings (SSSR count). The smallest absolute Gasteiger partial charge is 0.260 e. The average Bonchev–Trinajstić information content (AvgIpc) is 2.89. The fourth-order valence-electron chi connectivity index (χ4n) is 1.55. The Kier molecular flexibility index (Phi) is 2.64. The summed E-state index contributed by atoms with van der Waals surface area (Å²) in [5, 5.41) is 3.79. The van der Waals surface area contributed by atoms with E-state index in [4.69, 9.17) is 10.3 Å². The lowest BCUT2D eigenvalue weighted by molar-refractivity contribution is 0.432. The second-order valence-corrected chi connectivity index (χ2v) is 3.75. The normalized spacial score (nSPS) is 10.6. The molecule has 3 aromatic heterocycles. The van der Waals surface area contributed by atoms with Crippen molar-refractivity contribution >= 4 is 5.69 Å². The second-order valence-electron chi connectivity index (χ2n) is 3.75. The van der Waals surface area contributed by atoms with Gasteiger partial charge in [0.15, 0.2) is 0 Å². The van der Waals surface area contributed by atoms with Crippen LogP contribution in [0.2, 0.25) is 0 Å².